The molecule has 0 aliphatic carbocycles. The third-order valence-electron chi connectivity index (χ3n) is 3.08. The Kier molecular flexibility index (Phi) is 4.96. The van der Waals surface area contributed by atoms with Gasteiger partial charge in [0, 0.05) is 11.3 Å². The maximum Gasteiger partial charge on any atom is 0.161 e. The van der Waals surface area contributed by atoms with Crippen molar-refractivity contribution in [1.29, 1.82) is 0 Å². The number of aromatic amines is 1. The van der Waals surface area contributed by atoms with E-state index < -0.39 is 0 Å². The summed E-state index contributed by atoms with van der Waals surface area (Å²) in [6, 6.07) is 7.61. The second-order valence-corrected chi connectivity index (χ2v) is 5.68. The van der Waals surface area contributed by atoms with Crippen molar-refractivity contribution in [2.45, 2.75) is 20.3 Å². The van der Waals surface area contributed by atoms with E-state index in [1.165, 1.54) is 0 Å². The van der Waals surface area contributed by atoms with Crippen molar-refractivity contribution < 1.29 is 9.47 Å². The number of methoxy groups -OCH3 is 2. The van der Waals surface area contributed by atoms with Crippen LogP contribution in [-0.2, 0) is 6.42 Å². The van der Waals surface area contributed by atoms with E-state index >= 15 is 0 Å². The molecule has 21 heavy (non-hydrogen) atoms. The highest BCUT2D eigenvalue weighted by molar-refractivity contribution is 7.71. The molecular weight excluding hydrogens is 284 g/mol. The van der Waals surface area contributed by atoms with Crippen LogP contribution in [0.25, 0.3) is 11.4 Å². The average molecular weight is 304 g/mol. The fourth-order valence-electron chi connectivity index (χ4n) is 2.18. The minimum Gasteiger partial charge on any atom is -0.493 e. The van der Waals surface area contributed by atoms with Gasteiger partial charge in [-0.05, 0) is 36.6 Å². The molecule has 0 bridgehead atoms. The van der Waals surface area contributed by atoms with Gasteiger partial charge in [0.2, 0.25) is 0 Å². The molecule has 0 amide bonds. The number of hydrogen-bond acceptors (Lipinski definition) is 4. The van der Waals surface area contributed by atoms with Gasteiger partial charge in [-0.2, -0.15) is 0 Å². The standard InChI is InChI=1S/C16H20N2O2S/c1-10(2)7-12-9-15(21)18-16(17-12)11-5-6-13(19-3)14(8-11)20-4/h5-6,8-10H,7H2,1-4H3,(H,17,18,21). The Morgan fingerprint density at radius 1 is 1.14 bits per heavy atom. The predicted molar refractivity (Wildman–Crippen MR) is 86.5 cm³/mol. The van der Waals surface area contributed by atoms with Gasteiger partial charge in [-0.3, -0.25) is 0 Å². The molecule has 0 spiro atoms. The lowest BCUT2D eigenvalue weighted by molar-refractivity contribution is 0.355. The van der Waals surface area contributed by atoms with Gasteiger partial charge in [-0.15, -0.1) is 0 Å². The Balaban J connectivity index is 2.46. The summed E-state index contributed by atoms with van der Waals surface area (Å²) in [6.07, 6.45) is 0.937. The molecule has 5 heteroatoms. The Hall–Kier alpha value is -1.88. The van der Waals surface area contributed by atoms with E-state index in [9.17, 15) is 0 Å². The van der Waals surface area contributed by atoms with Crippen molar-refractivity contribution in [3.05, 3.63) is 34.6 Å². The van der Waals surface area contributed by atoms with Gasteiger partial charge in [0.15, 0.2) is 11.5 Å². The van der Waals surface area contributed by atoms with Gasteiger partial charge in [-0.25, -0.2) is 4.98 Å². The highest BCUT2D eigenvalue weighted by Crippen LogP contribution is 2.31. The molecule has 0 atom stereocenters. The minimum atomic E-state index is 0.552. The van der Waals surface area contributed by atoms with E-state index in [2.05, 4.69) is 23.8 Å². The number of aromatic nitrogens is 2. The van der Waals surface area contributed by atoms with Gasteiger partial charge in [0.1, 0.15) is 10.5 Å². The molecule has 0 radical (unpaired) electrons. The zero-order valence-electron chi connectivity index (χ0n) is 12.8. The SMILES string of the molecule is COc1ccc(-c2nc(=S)cc(CC(C)C)[nH]2)cc1OC. The largest absolute Gasteiger partial charge is 0.493 e. The van der Waals surface area contributed by atoms with E-state index in [0.717, 1.165) is 23.5 Å². The van der Waals surface area contributed by atoms with Crippen LogP contribution in [-0.4, -0.2) is 24.2 Å². The summed E-state index contributed by atoms with van der Waals surface area (Å²) in [4.78, 5) is 7.75. The first-order chi connectivity index (χ1) is 10.0. The van der Waals surface area contributed by atoms with Crippen molar-refractivity contribution in [3.8, 4) is 22.9 Å². The van der Waals surface area contributed by atoms with Crippen LogP contribution in [0.3, 0.4) is 0 Å². The second kappa shape index (κ2) is 6.72. The molecule has 1 heterocycles. The molecule has 1 aromatic carbocycles. The van der Waals surface area contributed by atoms with E-state index in [0.29, 0.717) is 22.1 Å². The molecule has 0 saturated carbocycles. The molecule has 2 aromatic rings. The summed E-state index contributed by atoms with van der Waals surface area (Å²) >= 11 is 5.26. The number of benzene rings is 1. The minimum absolute atomic E-state index is 0.552. The van der Waals surface area contributed by atoms with Crippen molar-refractivity contribution >= 4 is 12.2 Å². The van der Waals surface area contributed by atoms with E-state index in [-0.39, 0.29) is 0 Å². The Morgan fingerprint density at radius 3 is 2.48 bits per heavy atom. The first kappa shape index (κ1) is 15.5. The Morgan fingerprint density at radius 2 is 1.86 bits per heavy atom. The highest BCUT2D eigenvalue weighted by atomic mass is 32.1. The molecule has 1 N–H and O–H groups in total. The van der Waals surface area contributed by atoms with Crippen LogP contribution < -0.4 is 9.47 Å². The fraction of sp³-hybridized carbons (Fsp3) is 0.375. The molecule has 0 fully saturated rings. The van der Waals surface area contributed by atoms with Crippen molar-refractivity contribution in [2.75, 3.05) is 14.2 Å². The van der Waals surface area contributed by atoms with Crippen molar-refractivity contribution in [3.63, 3.8) is 0 Å². The van der Waals surface area contributed by atoms with Crippen LogP contribution >= 0.6 is 12.2 Å². The first-order valence-electron chi connectivity index (χ1n) is 6.86. The lowest BCUT2D eigenvalue weighted by Crippen LogP contribution is -2.01. The number of nitrogens with zero attached hydrogens (tertiary/aromatic N) is 1. The molecule has 112 valence electrons. The lowest BCUT2D eigenvalue weighted by atomic mass is 10.1. The van der Waals surface area contributed by atoms with Crippen LogP contribution in [0, 0.1) is 10.6 Å². The highest BCUT2D eigenvalue weighted by Gasteiger charge is 2.09. The molecule has 1 aromatic heterocycles. The normalized spacial score (nSPS) is 10.7. The topological polar surface area (TPSA) is 47.1 Å². The Labute approximate surface area is 130 Å². The van der Waals surface area contributed by atoms with Crippen molar-refractivity contribution in [2.24, 2.45) is 5.92 Å². The van der Waals surface area contributed by atoms with E-state index in [1.807, 2.05) is 24.3 Å². The fourth-order valence-corrected chi connectivity index (χ4v) is 2.41. The Bertz CT molecular complexity index is 680. The third kappa shape index (κ3) is 3.82. The van der Waals surface area contributed by atoms with E-state index in [1.54, 1.807) is 14.2 Å². The van der Waals surface area contributed by atoms with Gasteiger partial charge in [0.05, 0.1) is 14.2 Å². The van der Waals surface area contributed by atoms with Gasteiger partial charge in [0.25, 0.3) is 0 Å². The third-order valence-corrected chi connectivity index (χ3v) is 3.29. The maximum atomic E-state index is 5.33. The molecule has 4 nitrogen and oxygen atoms in total. The molecule has 0 aliphatic rings. The van der Waals surface area contributed by atoms with Crippen LogP contribution in [0.4, 0.5) is 0 Å². The monoisotopic (exact) mass is 304 g/mol. The lowest BCUT2D eigenvalue weighted by Gasteiger charge is -2.11. The molecule has 2 rings (SSSR count). The summed E-state index contributed by atoms with van der Waals surface area (Å²) in [5, 5.41) is 0. The van der Waals surface area contributed by atoms with Gasteiger partial charge in [-0.1, -0.05) is 26.1 Å². The summed E-state index contributed by atoms with van der Waals surface area (Å²) < 4.78 is 11.2. The summed E-state index contributed by atoms with van der Waals surface area (Å²) in [5.41, 5.74) is 2.01. The summed E-state index contributed by atoms with van der Waals surface area (Å²) in [5.74, 6) is 2.67. The first-order valence-corrected chi connectivity index (χ1v) is 7.27. The van der Waals surface area contributed by atoms with E-state index in [4.69, 9.17) is 21.7 Å². The van der Waals surface area contributed by atoms with Crippen molar-refractivity contribution in [1.82, 2.24) is 9.97 Å². The van der Waals surface area contributed by atoms with Crippen LogP contribution in [0.1, 0.15) is 19.5 Å². The summed E-state index contributed by atoms with van der Waals surface area (Å²) in [7, 11) is 3.24. The number of hydrogen-bond donors (Lipinski definition) is 1. The molecular formula is C16H20N2O2S. The summed E-state index contributed by atoms with van der Waals surface area (Å²) in [6.45, 7) is 4.35. The molecule has 0 unspecified atom stereocenters. The van der Waals surface area contributed by atoms with Crippen LogP contribution in [0.2, 0.25) is 0 Å². The number of H-pyrrole nitrogens is 1. The van der Waals surface area contributed by atoms with Crippen LogP contribution in [0.15, 0.2) is 24.3 Å². The quantitative estimate of drug-likeness (QED) is 0.847. The van der Waals surface area contributed by atoms with Crippen LogP contribution in [0.5, 0.6) is 11.5 Å². The van der Waals surface area contributed by atoms with Gasteiger partial charge < -0.3 is 14.5 Å². The zero-order chi connectivity index (χ0) is 15.4. The average Bonchev–Trinajstić information content (AvgIpc) is 2.45. The number of rotatable bonds is 5. The number of ether oxygens (including phenoxy) is 2. The smallest absolute Gasteiger partial charge is 0.161 e. The predicted octanol–water partition coefficient (Wildman–Crippen LogP) is 4.02. The molecule has 0 aliphatic heterocycles. The number of nitrogens with one attached hydrogen (secondary N) is 1. The second-order valence-electron chi connectivity index (χ2n) is 5.26. The maximum absolute atomic E-state index is 5.33. The molecule has 0 saturated heterocycles. The zero-order valence-corrected chi connectivity index (χ0v) is 13.6. The van der Waals surface area contributed by atoms with Gasteiger partial charge >= 0.3 is 0 Å².